The SMILES string of the molecule is COCCN(c1ccnc(Nc2cc(OC)c(OC)c(OC)c2)n1)c1c(Cl)ccc2c1OCO2. The highest BCUT2D eigenvalue weighted by atomic mass is 35.5. The summed E-state index contributed by atoms with van der Waals surface area (Å²) in [6.07, 6.45) is 1.65. The first-order valence-electron chi connectivity index (χ1n) is 10.3. The van der Waals surface area contributed by atoms with Crippen LogP contribution in [0.1, 0.15) is 0 Å². The maximum Gasteiger partial charge on any atom is 0.231 e. The molecule has 1 aliphatic rings. The van der Waals surface area contributed by atoms with Crippen LogP contribution in [0.2, 0.25) is 5.02 Å². The summed E-state index contributed by atoms with van der Waals surface area (Å²) in [5.74, 6) is 3.62. The second kappa shape index (κ2) is 10.5. The van der Waals surface area contributed by atoms with Gasteiger partial charge in [-0.25, -0.2) is 4.98 Å². The van der Waals surface area contributed by atoms with Gasteiger partial charge in [0.25, 0.3) is 0 Å². The number of nitrogens with one attached hydrogen (secondary N) is 1. The van der Waals surface area contributed by atoms with Gasteiger partial charge < -0.3 is 38.6 Å². The lowest BCUT2D eigenvalue weighted by Gasteiger charge is -2.26. The van der Waals surface area contributed by atoms with Crippen molar-refractivity contribution in [1.29, 1.82) is 0 Å². The first kappa shape index (κ1) is 23.5. The van der Waals surface area contributed by atoms with E-state index in [2.05, 4.69) is 10.3 Å². The number of halogens is 1. The van der Waals surface area contributed by atoms with Gasteiger partial charge in [0, 0.05) is 37.7 Å². The molecule has 0 atom stereocenters. The third-order valence-corrected chi connectivity index (χ3v) is 5.40. The quantitative estimate of drug-likeness (QED) is 0.442. The van der Waals surface area contributed by atoms with Crippen LogP contribution in [0.3, 0.4) is 0 Å². The van der Waals surface area contributed by atoms with Gasteiger partial charge in [-0.2, -0.15) is 4.98 Å². The topological polar surface area (TPSA) is 96.4 Å². The Morgan fingerprint density at radius 3 is 2.47 bits per heavy atom. The van der Waals surface area contributed by atoms with E-state index in [1.54, 1.807) is 65.0 Å². The Balaban J connectivity index is 1.70. The maximum absolute atomic E-state index is 6.58. The summed E-state index contributed by atoms with van der Waals surface area (Å²) < 4.78 is 32.8. The van der Waals surface area contributed by atoms with Crippen LogP contribution in [0.25, 0.3) is 0 Å². The maximum atomic E-state index is 6.58. The molecule has 4 rings (SSSR count). The van der Waals surface area contributed by atoms with Crippen LogP contribution in [0, 0.1) is 0 Å². The largest absolute Gasteiger partial charge is 0.493 e. The van der Waals surface area contributed by atoms with E-state index in [-0.39, 0.29) is 6.79 Å². The number of aromatic nitrogens is 2. The molecular weight excluding hydrogens is 464 g/mol. The summed E-state index contributed by atoms with van der Waals surface area (Å²) in [7, 11) is 6.29. The molecule has 0 amide bonds. The minimum Gasteiger partial charge on any atom is -0.493 e. The van der Waals surface area contributed by atoms with Gasteiger partial charge in [0.15, 0.2) is 23.0 Å². The average molecular weight is 489 g/mol. The van der Waals surface area contributed by atoms with E-state index in [0.29, 0.717) is 70.1 Å². The molecule has 2 aromatic carbocycles. The van der Waals surface area contributed by atoms with Gasteiger partial charge in [0.2, 0.25) is 18.5 Å². The molecule has 0 radical (unpaired) electrons. The lowest BCUT2D eigenvalue weighted by molar-refractivity contribution is 0.174. The zero-order valence-electron chi connectivity index (χ0n) is 19.3. The molecule has 11 heteroatoms. The molecule has 1 aromatic heterocycles. The number of fused-ring (bicyclic) bond motifs is 1. The number of benzene rings is 2. The van der Waals surface area contributed by atoms with Crippen molar-refractivity contribution in [2.24, 2.45) is 0 Å². The Labute approximate surface area is 202 Å². The molecule has 1 aliphatic heterocycles. The highest BCUT2D eigenvalue weighted by Gasteiger charge is 2.26. The van der Waals surface area contributed by atoms with Crippen LogP contribution in [0.15, 0.2) is 36.5 Å². The number of hydrogen-bond donors (Lipinski definition) is 1. The molecule has 0 saturated carbocycles. The van der Waals surface area contributed by atoms with E-state index in [4.69, 9.17) is 45.0 Å². The van der Waals surface area contributed by atoms with E-state index in [0.717, 1.165) is 0 Å². The standard InChI is InChI=1S/C23H25ClN4O6/c1-29-10-9-28(20-15(24)5-6-16-22(20)34-13-33-16)19-7-8-25-23(27-19)26-14-11-17(30-2)21(32-4)18(12-14)31-3/h5-8,11-12H,9-10,13H2,1-4H3,(H,25,26,27). The fourth-order valence-corrected chi connectivity index (χ4v) is 3.80. The normalized spacial score (nSPS) is 11.8. The van der Waals surface area contributed by atoms with Crippen LogP contribution in [-0.2, 0) is 4.74 Å². The van der Waals surface area contributed by atoms with E-state index in [1.807, 2.05) is 4.90 Å². The Morgan fingerprint density at radius 1 is 1.03 bits per heavy atom. The fourth-order valence-electron chi connectivity index (χ4n) is 3.55. The molecule has 34 heavy (non-hydrogen) atoms. The molecule has 2 heterocycles. The monoisotopic (exact) mass is 488 g/mol. The third-order valence-electron chi connectivity index (χ3n) is 5.09. The van der Waals surface area contributed by atoms with Crippen molar-refractivity contribution in [3.8, 4) is 28.7 Å². The molecule has 0 bridgehead atoms. The molecule has 180 valence electrons. The number of methoxy groups -OCH3 is 4. The smallest absolute Gasteiger partial charge is 0.231 e. The van der Waals surface area contributed by atoms with E-state index >= 15 is 0 Å². The molecule has 1 N–H and O–H groups in total. The fraction of sp³-hybridized carbons (Fsp3) is 0.304. The molecule has 0 fully saturated rings. The van der Waals surface area contributed by atoms with Crippen molar-refractivity contribution in [1.82, 2.24) is 9.97 Å². The van der Waals surface area contributed by atoms with Gasteiger partial charge in [-0.15, -0.1) is 0 Å². The lowest BCUT2D eigenvalue weighted by Crippen LogP contribution is -2.24. The van der Waals surface area contributed by atoms with Crippen molar-refractivity contribution < 1.29 is 28.4 Å². The van der Waals surface area contributed by atoms with Gasteiger partial charge in [-0.1, -0.05) is 11.6 Å². The zero-order valence-corrected chi connectivity index (χ0v) is 20.0. The summed E-state index contributed by atoms with van der Waals surface area (Å²) in [5.41, 5.74) is 1.30. The minimum absolute atomic E-state index is 0.124. The molecule has 3 aromatic rings. The zero-order chi connectivity index (χ0) is 24.1. The van der Waals surface area contributed by atoms with Crippen molar-refractivity contribution in [3.63, 3.8) is 0 Å². The predicted molar refractivity (Wildman–Crippen MR) is 128 cm³/mol. The Morgan fingerprint density at radius 2 is 1.79 bits per heavy atom. The first-order chi connectivity index (χ1) is 16.6. The van der Waals surface area contributed by atoms with Crippen LogP contribution in [0.5, 0.6) is 28.7 Å². The summed E-state index contributed by atoms with van der Waals surface area (Å²) in [4.78, 5) is 11.0. The van der Waals surface area contributed by atoms with E-state index in [1.165, 1.54) is 0 Å². The molecule has 0 unspecified atom stereocenters. The Hall–Kier alpha value is -3.63. The summed E-state index contributed by atoms with van der Waals surface area (Å²) in [6.45, 7) is 1.02. The lowest BCUT2D eigenvalue weighted by atomic mass is 10.2. The number of ether oxygens (including phenoxy) is 6. The van der Waals surface area contributed by atoms with Crippen molar-refractivity contribution in [2.75, 3.05) is 58.6 Å². The van der Waals surface area contributed by atoms with Crippen LogP contribution >= 0.6 is 11.6 Å². The summed E-state index contributed by atoms with van der Waals surface area (Å²) in [6, 6.07) is 8.86. The van der Waals surface area contributed by atoms with Gasteiger partial charge >= 0.3 is 0 Å². The Kier molecular flexibility index (Phi) is 7.29. The van der Waals surface area contributed by atoms with Gasteiger partial charge in [-0.05, 0) is 18.2 Å². The molecule has 0 saturated heterocycles. The third kappa shape index (κ3) is 4.68. The van der Waals surface area contributed by atoms with Gasteiger partial charge in [0.05, 0.1) is 33.0 Å². The van der Waals surface area contributed by atoms with Gasteiger partial charge in [0.1, 0.15) is 11.5 Å². The summed E-state index contributed by atoms with van der Waals surface area (Å²) in [5, 5.41) is 3.69. The summed E-state index contributed by atoms with van der Waals surface area (Å²) >= 11 is 6.58. The van der Waals surface area contributed by atoms with Crippen molar-refractivity contribution in [3.05, 3.63) is 41.6 Å². The Bertz CT molecular complexity index is 1140. The van der Waals surface area contributed by atoms with Gasteiger partial charge in [-0.3, -0.25) is 0 Å². The number of anilines is 4. The second-order valence-electron chi connectivity index (χ2n) is 7.05. The first-order valence-corrected chi connectivity index (χ1v) is 10.7. The molecular formula is C23H25ClN4O6. The average Bonchev–Trinajstić information content (AvgIpc) is 3.33. The predicted octanol–water partition coefficient (Wildman–Crippen LogP) is 4.41. The number of nitrogens with zero attached hydrogens (tertiary/aromatic N) is 3. The number of rotatable bonds is 10. The van der Waals surface area contributed by atoms with Crippen LogP contribution in [-0.4, -0.2) is 58.4 Å². The van der Waals surface area contributed by atoms with Crippen molar-refractivity contribution >= 4 is 34.7 Å². The van der Waals surface area contributed by atoms with Crippen LogP contribution < -0.4 is 33.9 Å². The molecule has 10 nitrogen and oxygen atoms in total. The van der Waals surface area contributed by atoms with Crippen LogP contribution in [0.4, 0.5) is 23.1 Å². The molecule has 0 aliphatic carbocycles. The van der Waals surface area contributed by atoms with E-state index < -0.39 is 0 Å². The highest BCUT2D eigenvalue weighted by molar-refractivity contribution is 6.34. The minimum atomic E-state index is 0.124. The molecule has 0 spiro atoms. The number of hydrogen-bond acceptors (Lipinski definition) is 10. The van der Waals surface area contributed by atoms with E-state index in [9.17, 15) is 0 Å². The van der Waals surface area contributed by atoms with Crippen molar-refractivity contribution in [2.45, 2.75) is 0 Å². The second-order valence-corrected chi connectivity index (χ2v) is 7.46. The highest BCUT2D eigenvalue weighted by Crippen LogP contribution is 2.47.